The van der Waals surface area contributed by atoms with Crippen molar-refractivity contribution in [3.8, 4) is 10.6 Å². The van der Waals surface area contributed by atoms with E-state index in [4.69, 9.17) is 0 Å². The quantitative estimate of drug-likeness (QED) is 0.435. The number of hydrogen-bond acceptors (Lipinski definition) is 7. The average Bonchev–Trinajstić information content (AvgIpc) is 3.41. The summed E-state index contributed by atoms with van der Waals surface area (Å²) in [5.74, 6) is -0.430. The molecule has 3 aromatic heterocycles. The van der Waals surface area contributed by atoms with Gasteiger partial charge >= 0.3 is 0 Å². The zero-order valence-electron chi connectivity index (χ0n) is 14.7. The van der Waals surface area contributed by atoms with Crippen LogP contribution in [0.1, 0.15) is 10.5 Å². The van der Waals surface area contributed by atoms with Crippen molar-refractivity contribution in [3.05, 3.63) is 72.0 Å². The van der Waals surface area contributed by atoms with E-state index in [0.29, 0.717) is 5.69 Å². The number of H-pyrrole nitrogens is 1. The third-order valence-electron chi connectivity index (χ3n) is 3.81. The molecule has 0 radical (unpaired) electrons. The predicted octanol–water partition coefficient (Wildman–Crippen LogP) is 2.98. The summed E-state index contributed by atoms with van der Waals surface area (Å²) in [5.41, 5.74) is 1.42. The summed E-state index contributed by atoms with van der Waals surface area (Å²) in [7, 11) is -3.84. The number of amides is 1. The molecule has 0 unspecified atom stereocenters. The van der Waals surface area contributed by atoms with Gasteiger partial charge in [-0.1, -0.05) is 6.07 Å². The van der Waals surface area contributed by atoms with Gasteiger partial charge in [-0.2, -0.15) is 5.10 Å². The van der Waals surface area contributed by atoms with E-state index in [-0.39, 0.29) is 16.5 Å². The van der Waals surface area contributed by atoms with Gasteiger partial charge in [0.1, 0.15) is 0 Å². The van der Waals surface area contributed by atoms with Crippen LogP contribution in [0, 0.1) is 0 Å². The van der Waals surface area contributed by atoms with Crippen LogP contribution >= 0.6 is 11.3 Å². The first-order valence-electron chi connectivity index (χ1n) is 8.32. The van der Waals surface area contributed by atoms with E-state index in [0.717, 1.165) is 10.6 Å². The Morgan fingerprint density at radius 1 is 1.03 bits per heavy atom. The number of aromatic nitrogens is 4. The molecule has 4 rings (SSSR count). The van der Waals surface area contributed by atoms with Gasteiger partial charge in [0.05, 0.1) is 15.5 Å². The lowest BCUT2D eigenvalue weighted by atomic mass is 10.3. The fourth-order valence-electron chi connectivity index (χ4n) is 2.44. The van der Waals surface area contributed by atoms with E-state index < -0.39 is 15.9 Å². The van der Waals surface area contributed by atoms with Crippen LogP contribution in [0.4, 0.5) is 11.6 Å². The second-order valence-electron chi connectivity index (χ2n) is 5.80. The molecule has 3 N–H and O–H groups in total. The van der Waals surface area contributed by atoms with Gasteiger partial charge in [-0.25, -0.2) is 23.1 Å². The number of benzene rings is 1. The van der Waals surface area contributed by atoms with Gasteiger partial charge < -0.3 is 5.32 Å². The van der Waals surface area contributed by atoms with Crippen molar-refractivity contribution < 1.29 is 13.2 Å². The predicted molar refractivity (Wildman–Crippen MR) is 109 cm³/mol. The molecule has 0 fully saturated rings. The van der Waals surface area contributed by atoms with Crippen molar-refractivity contribution in [1.82, 2.24) is 20.2 Å². The molecule has 3 heterocycles. The molecule has 0 aliphatic heterocycles. The fourth-order valence-corrected chi connectivity index (χ4v) is 4.09. The van der Waals surface area contributed by atoms with Gasteiger partial charge in [0.15, 0.2) is 5.69 Å². The van der Waals surface area contributed by atoms with Crippen LogP contribution in [0.15, 0.2) is 71.2 Å². The second-order valence-corrected chi connectivity index (χ2v) is 8.43. The van der Waals surface area contributed by atoms with E-state index in [1.54, 1.807) is 12.1 Å². The largest absolute Gasteiger partial charge is 0.321 e. The Bertz CT molecular complexity index is 1220. The minimum Gasteiger partial charge on any atom is -0.321 e. The summed E-state index contributed by atoms with van der Waals surface area (Å²) in [5, 5.41) is 11.5. The van der Waals surface area contributed by atoms with Gasteiger partial charge in [-0.3, -0.25) is 9.89 Å². The molecular formula is C18H14N6O3S2. The van der Waals surface area contributed by atoms with Gasteiger partial charge in [-0.05, 0) is 47.8 Å². The SMILES string of the molecule is O=C(Nc1ccc(S(=O)(=O)Nc2ncccn2)cc1)c1cc(-c2cccs2)[nH]n1. The lowest BCUT2D eigenvalue weighted by Crippen LogP contribution is -2.15. The van der Waals surface area contributed by atoms with Gasteiger partial charge in [-0.15, -0.1) is 11.3 Å². The Kier molecular flexibility index (Phi) is 5.06. The molecule has 0 aliphatic carbocycles. The highest BCUT2D eigenvalue weighted by Gasteiger charge is 2.16. The number of carbonyl (C=O) groups excluding carboxylic acids is 1. The average molecular weight is 426 g/mol. The monoisotopic (exact) mass is 426 g/mol. The molecule has 1 aromatic carbocycles. The van der Waals surface area contributed by atoms with Crippen LogP contribution in [-0.2, 0) is 10.0 Å². The van der Waals surface area contributed by atoms with Crippen LogP contribution in [0.25, 0.3) is 10.6 Å². The molecular weight excluding hydrogens is 412 g/mol. The van der Waals surface area contributed by atoms with Crippen molar-refractivity contribution in [2.45, 2.75) is 4.90 Å². The molecule has 1 amide bonds. The topological polar surface area (TPSA) is 130 Å². The number of hydrogen-bond donors (Lipinski definition) is 3. The van der Waals surface area contributed by atoms with Crippen molar-refractivity contribution in [3.63, 3.8) is 0 Å². The molecule has 11 heteroatoms. The number of nitrogens with zero attached hydrogens (tertiary/aromatic N) is 3. The molecule has 146 valence electrons. The number of nitrogens with one attached hydrogen (secondary N) is 3. The highest BCUT2D eigenvalue weighted by Crippen LogP contribution is 2.23. The van der Waals surface area contributed by atoms with E-state index >= 15 is 0 Å². The van der Waals surface area contributed by atoms with Gasteiger partial charge in [0.2, 0.25) is 5.95 Å². The van der Waals surface area contributed by atoms with Gasteiger partial charge in [0, 0.05) is 18.1 Å². The van der Waals surface area contributed by atoms with E-state index in [1.807, 2.05) is 17.5 Å². The second kappa shape index (κ2) is 7.81. The highest BCUT2D eigenvalue weighted by molar-refractivity contribution is 7.92. The maximum absolute atomic E-state index is 12.4. The molecule has 9 nitrogen and oxygen atoms in total. The smallest absolute Gasteiger partial charge is 0.276 e. The Balaban J connectivity index is 1.45. The summed E-state index contributed by atoms with van der Waals surface area (Å²) < 4.78 is 27.0. The van der Waals surface area contributed by atoms with Gasteiger partial charge in [0.25, 0.3) is 15.9 Å². The Hall–Kier alpha value is -3.57. The third kappa shape index (κ3) is 4.31. The number of anilines is 2. The van der Waals surface area contributed by atoms with E-state index in [2.05, 4.69) is 30.2 Å². The normalized spacial score (nSPS) is 11.2. The minimum atomic E-state index is -3.84. The third-order valence-corrected chi connectivity index (χ3v) is 6.06. The van der Waals surface area contributed by atoms with Crippen molar-refractivity contribution in [2.75, 3.05) is 10.0 Å². The first-order chi connectivity index (χ1) is 14.0. The number of sulfonamides is 1. The number of thiophene rings is 1. The van der Waals surface area contributed by atoms with E-state index in [9.17, 15) is 13.2 Å². The maximum Gasteiger partial charge on any atom is 0.276 e. The standard InChI is InChI=1S/C18H14N6O3S2/c25-17(15-11-14(22-23-15)16-3-1-10-28-16)21-12-4-6-13(7-5-12)29(26,27)24-18-19-8-2-9-20-18/h1-11H,(H,21,25)(H,22,23)(H,19,20,24). The first kappa shape index (κ1) is 18.8. The summed E-state index contributed by atoms with van der Waals surface area (Å²) in [6, 6.07) is 12.8. The first-order valence-corrected chi connectivity index (χ1v) is 10.7. The zero-order chi connectivity index (χ0) is 20.3. The Labute approximate surface area is 169 Å². The Morgan fingerprint density at radius 2 is 1.79 bits per heavy atom. The van der Waals surface area contributed by atoms with Crippen LogP contribution in [0.2, 0.25) is 0 Å². The summed E-state index contributed by atoms with van der Waals surface area (Å²) in [6.45, 7) is 0. The molecule has 0 saturated carbocycles. The Morgan fingerprint density at radius 3 is 2.48 bits per heavy atom. The number of aromatic amines is 1. The van der Waals surface area contributed by atoms with Crippen molar-refractivity contribution in [1.29, 1.82) is 0 Å². The summed E-state index contributed by atoms with van der Waals surface area (Å²) in [6.07, 6.45) is 2.87. The summed E-state index contributed by atoms with van der Waals surface area (Å²) >= 11 is 1.53. The minimum absolute atomic E-state index is 0.0164. The van der Waals surface area contributed by atoms with Crippen molar-refractivity contribution in [2.24, 2.45) is 0 Å². The van der Waals surface area contributed by atoms with Crippen LogP contribution in [-0.4, -0.2) is 34.5 Å². The maximum atomic E-state index is 12.4. The molecule has 0 bridgehead atoms. The number of carbonyl (C=O) groups is 1. The molecule has 29 heavy (non-hydrogen) atoms. The summed E-state index contributed by atoms with van der Waals surface area (Å²) in [4.78, 5) is 21.0. The van der Waals surface area contributed by atoms with Crippen LogP contribution in [0.3, 0.4) is 0 Å². The van der Waals surface area contributed by atoms with Crippen LogP contribution in [0.5, 0.6) is 0 Å². The number of rotatable bonds is 6. The molecule has 0 saturated heterocycles. The van der Waals surface area contributed by atoms with Crippen LogP contribution < -0.4 is 10.0 Å². The fraction of sp³-hybridized carbons (Fsp3) is 0. The lowest BCUT2D eigenvalue weighted by Gasteiger charge is -2.07. The highest BCUT2D eigenvalue weighted by atomic mass is 32.2. The van der Waals surface area contributed by atoms with Crippen molar-refractivity contribution >= 4 is 38.9 Å². The lowest BCUT2D eigenvalue weighted by molar-refractivity contribution is 0.102. The molecule has 4 aromatic rings. The molecule has 0 aliphatic rings. The van der Waals surface area contributed by atoms with E-state index in [1.165, 1.54) is 48.0 Å². The molecule has 0 spiro atoms. The zero-order valence-corrected chi connectivity index (χ0v) is 16.4. The molecule has 0 atom stereocenters.